The molecule has 7 heteroatoms. The molecule has 0 saturated heterocycles. The summed E-state index contributed by atoms with van der Waals surface area (Å²) in [6.45, 7) is 2.94. The van der Waals surface area contributed by atoms with E-state index in [-0.39, 0.29) is 13.4 Å². The molecule has 1 aromatic carbocycles. The number of nitrogens with two attached hydrogens (primary N) is 1. The minimum Gasteiger partial charge on any atom is -0.485 e. The van der Waals surface area contributed by atoms with Crippen LogP contribution in [0.2, 0.25) is 0 Å². The Hall–Kier alpha value is -2.28. The largest absolute Gasteiger partial charge is 0.485 e. The second kappa shape index (κ2) is 6.01. The van der Waals surface area contributed by atoms with E-state index in [0.29, 0.717) is 42.6 Å². The van der Waals surface area contributed by atoms with Crippen LogP contribution >= 0.6 is 0 Å². The van der Waals surface area contributed by atoms with Gasteiger partial charge < -0.3 is 24.5 Å². The molecule has 0 amide bonds. The Bertz CT molecular complexity index is 627. The average Bonchev–Trinajstić information content (AvgIpc) is 3.13. The van der Waals surface area contributed by atoms with E-state index in [9.17, 15) is 0 Å². The van der Waals surface area contributed by atoms with Crippen molar-refractivity contribution in [3.63, 3.8) is 0 Å². The summed E-state index contributed by atoms with van der Waals surface area (Å²) in [4.78, 5) is 4.21. The van der Waals surface area contributed by atoms with Gasteiger partial charge in [-0.15, -0.1) is 0 Å². The maximum Gasteiger partial charge on any atom is 0.231 e. The summed E-state index contributed by atoms with van der Waals surface area (Å²) in [7, 11) is 0. The first kappa shape index (κ1) is 13.7. The van der Waals surface area contributed by atoms with Crippen molar-refractivity contribution in [2.45, 2.75) is 26.4 Å². The Labute approximate surface area is 122 Å². The zero-order valence-electron chi connectivity index (χ0n) is 11.8. The average molecular weight is 291 g/mol. The van der Waals surface area contributed by atoms with Gasteiger partial charge in [-0.2, -0.15) is 4.98 Å². The predicted octanol–water partition coefficient (Wildman–Crippen LogP) is 1.44. The zero-order chi connectivity index (χ0) is 14.7. The van der Waals surface area contributed by atoms with E-state index in [0.717, 1.165) is 11.3 Å². The Morgan fingerprint density at radius 3 is 2.81 bits per heavy atom. The fourth-order valence-electron chi connectivity index (χ4n) is 2.09. The molecule has 2 aromatic rings. The molecule has 0 aliphatic carbocycles. The summed E-state index contributed by atoms with van der Waals surface area (Å²) in [6.07, 6.45) is 1.40. The molecule has 0 saturated carbocycles. The minimum absolute atomic E-state index is 0.228. The summed E-state index contributed by atoms with van der Waals surface area (Å²) < 4.78 is 21.6. The fourth-order valence-corrected chi connectivity index (χ4v) is 2.09. The Morgan fingerprint density at radius 2 is 2.10 bits per heavy atom. The molecule has 0 bridgehead atoms. The molecule has 0 spiro atoms. The van der Waals surface area contributed by atoms with E-state index < -0.39 is 0 Å². The van der Waals surface area contributed by atoms with Crippen LogP contribution < -0.4 is 19.9 Å². The number of rotatable bonds is 6. The van der Waals surface area contributed by atoms with Gasteiger partial charge in [-0.1, -0.05) is 12.1 Å². The fraction of sp³-hybridized carbons (Fsp3) is 0.429. The lowest BCUT2D eigenvalue weighted by atomic mass is 10.1. The van der Waals surface area contributed by atoms with E-state index in [1.165, 1.54) is 0 Å². The second-order valence-electron chi connectivity index (χ2n) is 4.60. The van der Waals surface area contributed by atoms with Crippen molar-refractivity contribution in [2.75, 3.05) is 13.3 Å². The lowest BCUT2D eigenvalue weighted by molar-refractivity contribution is 0.173. The van der Waals surface area contributed by atoms with Gasteiger partial charge in [-0.3, -0.25) is 0 Å². The summed E-state index contributed by atoms with van der Waals surface area (Å²) >= 11 is 0. The van der Waals surface area contributed by atoms with Gasteiger partial charge in [0.05, 0.1) is 0 Å². The molecule has 0 unspecified atom stereocenters. The molecule has 2 N–H and O–H groups in total. The number of nitrogens with zero attached hydrogens (tertiary/aromatic N) is 2. The quantitative estimate of drug-likeness (QED) is 0.860. The molecule has 0 fully saturated rings. The van der Waals surface area contributed by atoms with Gasteiger partial charge in [0.2, 0.25) is 18.5 Å². The van der Waals surface area contributed by atoms with E-state index in [4.69, 9.17) is 24.5 Å². The lowest BCUT2D eigenvalue weighted by Gasteiger charge is -2.10. The second-order valence-corrected chi connectivity index (χ2v) is 4.60. The van der Waals surface area contributed by atoms with Crippen molar-refractivity contribution >= 4 is 0 Å². The molecule has 0 radical (unpaired) electrons. The molecule has 2 heterocycles. The topological polar surface area (TPSA) is 92.6 Å². The molecule has 0 atom stereocenters. The van der Waals surface area contributed by atoms with Gasteiger partial charge in [0, 0.05) is 12.5 Å². The van der Waals surface area contributed by atoms with Crippen LogP contribution in [0.25, 0.3) is 0 Å². The molecule has 3 rings (SSSR count). The lowest BCUT2D eigenvalue weighted by Crippen LogP contribution is -2.06. The first-order chi connectivity index (χ1) is 10.3. The van der Waals surface area contributed by atoms with Gasteiger partial charge in [0.1, 0.15) is 5.75 Å². The van der Waals surface area contributed by atoms with Gasteiger partial charge in [-0.05, 0) is 24.6 Å². The van der Waals surface area contributed by atoms with Crippen molar-refractivity contribution in [3.8, 4) is 17.2 Å². The van der Waals surface area contributed by atoms with Crippen molar-refractivity contribution in [2.24, 2.45) is 5.73 Å². The molecule has 21 heavy (non-hydrogen) atoms. The highest BCUT2D eigenvalue weighted by Gasteiger charge is 2.18. The Kier molecular flexibility index (Phi) is 3.92. The van der Waals surface area contributed by atoms with Crippen LogP contribution in [-0.4, -0.2) is 23.5 Å². The molecule has 112 valence electrons. The molecule has 1 aliphatic rings. The first-order valence-corrected chi connectivity index (χ1v) is 6.87. The maximum atomic E-state index is 5.78. The third-order valence-corrected chi connectivity index (χ3v) is 3.14. The number of benzene rings is 1. The van der Waals surface area contributed by atoms with Crippen LogP contribution in [0.4, 0.5) is 0 Å². The first-order valence-electron chi connectivity index (χ1n) is 6.87. The number of aryl methyl sites for hydroxylation is 1. The normalized spacial score (nSPS) is 12.7. The number of hydrogen-bond acceptors (Lipinski definition) is 7. The van der Waals surface area contributed by atoms with Crippen LogP contribution in [0.3, 0.4) is 0 Å². The minimum atomic E-state index is 0.228. The number of hydrogen-bond donors (Lipinski definition) is 1. The monoisotopic (exact) mass is 291 g/mol. The molecular formula is C14H17N3O4. The highest BCUT2D eigenvalue weighted by Crippen LogP contribution is 2.38. The third kappa shape index (κ3) is 2.92. The van der Waals surface area contributed by atoms with Gasteiger partial charge in [-0.25, -0.2) is 0 Å². The van der Waals surface area contributed by atoms with Crippen LogP contribution in [0.5, 0.6) is 17.2 Å². The van der Waals surface area contributed by atoms with Crippen LogP contribution in [-0.2, 0) is 19.4 Å². The van der Waals surface area contributed by atoms with Crippen molar-refractivity contribution in [3.05, 3.63) is 29.4 Å². The zero-order valence-corrected chi connectivity index (χ0v) is 11.8. The van der Waals surface area contributed by atoms with Crippen LogP contribution in [0.15, 0.2) is 16.7 Å². The maximum absolute atomic E-state index is 5.78. The number of ether oxygens (including phenoxy) is 3. The summed E-state index contributed by atoms with van der Waals surface area (Å²) in [5, 5.41) is 3.86. The van der Waals surface area contributed by atoms with Gasteiger partial charge in [0.15, 0.2) is 18.1 Å². The summed E-state index contributed by atoms with van der Waals surface area (Å²) in [5.74, 6) is 3.21. The number of aromatic nitrogens is 2. The Balaban J connectivity index is 1.77. The SMILES string of the molecule is CCc1nc(COc2cc3c(cc2CCN)OCO3)no1. The predicted molar refractivity (Wildman–Crippen MR) is 73.3 cm³/mol. The number of fused-ring (bicyclic) bond motifs is 1. The highest BCUT2D eigenvalue weighted by atomic mass is 16.7. The molecular weight excluding hydrogens is 274 g/mol. The summed E-state index contributed by atoms with van der Waals surface area (Å²) in [6, 6.07) is 3.71. The Morgan fingerprint density at radius 1 is 1.29 bits per heavy atom. The van der Waals surface area contributed by atoms with Crippen LogP contribution in [0.1, 0.15) is 24.2 Å². The smallest absolute Gasteiger partial charge is 0.231 e. The van der Waals surface area contributed by atoms with Crippen molar-refractivity contribution in [1.82, 2.24) is 10.1 Å². The van der Waals surface area contributed by atoms with E-state index in [1.54, 1.807) is 0 Å². The van der Waals surface area contributed by atoms with E-state index in [2.05, 4.69) is 10.1 Å². The third-order valence-electron chi connectivity index (χ3n) is 3.14. The van der Waals surface area contributed by atoms with Gasteiger partial charge >= 0.3 is 0 Å². The molecule has 7 nitrogen and oxygen atoms in total. The van der Waals surface area contributed by atoms with Crippen molar-refractivity contribution in [1.29, 1.82) is 0 Å². The molecule has 1 aliphatic heterocycles. The van der Waals surface area contributed by atoms with Crippen LogP contribution in [0, 0.1) is 0 Å². The van der Waals surface area contributed by atoms with Crippen molar-refractivity contribution < 1.29 is 18.7 Å². The molecule has 1 aromatic heterocycles. The van der Waals surface area contributed by atoms with Gasteiger partial charge in [0.25, 0.3) is 0 Å². The van der Waals surface area contributed by atoms with E-state index in [1.807, 2.05) is 19.1 Å². The highest BCUT2D eigenvalue weighted by molar-refractivity contribution is 5.52. The van der Waals surface area contributed by atoms with E-state index >= 15 is 0 Å². The standard InChI is InChI=1S/C14H17N3O4/c1-2-14-16-13(17-21-14)7-18-10-6-12-11(19-8-20-12)5-9(10)3-4-15/h5-6H,2-4,7-8,15H2,1H3. The summed E-state index contributed by atoms with van der Waals surface area (Å²) in [5.41, 5.74) is 6.61.